The van der Waals surface area contributed by atoms with E-state index in [4.69, 9.17) is 0 Å². The summed E-state index contributed by atoms with van der Waals surface area (Å²) in [6, 6.07) is 15.3. The lowest BCUT2D eigenvalue weighted by Crippen LogP contribution is -2.27. The third-order valence-corrected chi connectivity index (χ3v) is 2.97. The first-order valence-electron chi connectivity index (χ1n) is 6.85. The van der Waals surface area contributed by atoms with Crippen molar-refractivity contribution in [2.75, 3.05) is 5.32 Å². The van der Waals surface area contributed by atoms with Crippen LogP contribution in [0.2, 0.25) is 0 Å². The highest BCUT2D eigenvalue weighted by atomic mass is 16.1. The predicted molar refractivity (Wildman–Crippen MR) is 84.4 cm³/mol. The molecule has 104 valence electrons. The largest absolute Gasteiger partial charge is 0.380 e. The van der Waals surface area contributed by atoms with E-state index in [0.29, 0.717) is 5.56 Å². The van der Waals surface area contributed by atoms with Gasteiger partial charge >= 0.3 is 0 Å². The number of benzene rings is 2. The van der Waals surface area contributed by atoms with Gasteiger partial charge in [-0.2, -0.15) is 0 Å². The molecule has 0 aliphatic carbocycles. The smallest absolute Gasteiger partial charge is 0.195 e. The highest BCUT2D eigenvalue weighted by molar-refractivity contribution is 6.12. The van der Waals surface area contributed by atoms with Gasteiger partial charge in [0.05, 0.1) is 0 Å². The molecule has 0 radical (unpaired) electrons. The molecule has 1 N–H and O–H groups in total. The van der Waals surface area contributed by atoms with Gasteiger partial charge in [-0.15, -0.1) is 0 Å². The second kappa shape index (κ2) is 5.49. The van der Waals surface area contributed by atoms with Crippen molar-refractivity contribution in [3.63, 3.8) is 0 Å². The van der Waals surface area contributed by atoms with Gasteiger partial charge in [-0.25, -0.2) is 0 Å². The fraction of sp³-hybridized carbons (Fsp3) is 0.278. The average Bonchev–Trinajstić information content (AvgIpc) is 2.37. The van der Waals surface area contributed by atoms with Gasteiger partial charge in [0.2, 0.25) is 0 Å². The highest BCUT2D eigenvalue weighted by Gasteiger charge is 2.17. The van der Waals surface area contributed by atoms with Gasteiger partial charge < -0.3 is 5.32 Å². The summed E-state index contributed by atoms with van der Waals surface area (Å²) in [4.78, 5) is 12.6. The van der Waals surface area contributed by atoms with Crippen LogP contribution >= 0.6 is 0 Å². The fourth-order valence-electron chi connectivity index (χ4n) is 2.11. The van der Waals surface area contributed by atoms with Crippen LogP contribution in [-0.2, 0) is 0 Å². The predicted octanol–water partition coefficient (Wildman–Crippen LogP) is 4.44. The van der Waals surface area contributed by atoms with Gasteiger partial charge in [-0.05, 0) is 45.4 Å². The molecule has 0 spiro atoms. The number of anilines is 1. The maximum Gasteiger partial charge on any atom is 0.195 e. The topological polar surface area (TPSA) is 29.1 Å². The van der Waals surface area contributed by atoms with Gasteiger partial charge in [-0.1, -0.05) is 36.4 Å². The summed E-state index contributed by atoms with van der Waals surface area (Å²) < 4.78 is 0. The molecule has 0 unspecified atom stereocenters. The fourth-order valence-corrected chi connectivity index (χ4v) is 2.11. The summed E-state index contributed by atoms with van der Waals surface area (Å²) in [6.45, 7) is 8.30. The van der Waals surface area contributed by atoms with Crippen LogP contribution < -0.4 is 5.32 Å². The van der Waals surface area contributed by atoms with Crippen molar-refractivity contribution < 1.29 is 4.79 Å². The molecule has 0 atom stereocenters. The Balaban J connectivity index is 2.43. The van der Waals surface area contributed by atoms with Crippen LogP contribution in [0.5, 0.6) is 0 Å². The maximum atomic E-state index is 12.6. The van der Waals surface area contributed by atoms with Crippen molar-refractivity contribution in [2.24, 2.45) is 0 Å². The molecule has 2 aromatic carbocycles. The molecule has 2 aromatic rings. The third kappa shape index (κ3) is 3.47. The maximum absolute atomic E-state index is 12.6. The Kier molecular flexibility index (Phi) is 3.93. The third-order valence-electron chi connectivity index (χ3n) is 2.97. The van der Waals surface area contributed by atoms with Crippen LogP contribution in [0.15, 0.2) is 48.5 Å². The first-order chi connectivity index (χ1) is 9.37. The molecular weight excluding hydrogens is 246 g/mol. The zero-order valence-electron chi connectivity index (χ0n) is 12.5. The zero-order chi connectivity index (χ0) is 14.8. The Labute approximate surface area is 120 Å². The molecule has 0 amide bonds. The molecular formula is C18H21NO. The number of nitrogens with one attached hydrogen (secondary N) is 1. The first-order valence-corrected chi connectivity index (χ1v) is 6.85. The monoisotopic (exact) mass is 267 g/mol. The van der Waals surface area contributed by atoms with Gasteiger partial charge in [0.25, 0.3) is 0 Å². The summed E-state index contributed by atoms with van der Waals surface area (Å²) in [7, 11) is 0. The Bertz CT molecular complexity index is 609. The van der Waals surface area contributed by atoms with Crippen molar-refractivity contribution in [1.29, 1.82) is 0 Å². The first kappa shape index (κ1) is 14.3. The quantitative estimate of drug-likeness (QED) is 0.833. The number of aryl methyl sites for hydroxylation is 1. The summed E-state index contributed by atoms with van der Waals surface area (Å²) >= 11 is 0. The second-order valence-electron chi connectivity index (χ2n) is 6.12. The molecule has 2 heteroatoms. The Morgan fingerprint density at radius 3 is 2.25 bits per heavy atom. The molecule has 0 saturated carbocycles. The lowest BCUT2D eigenvalue weighted by Gasteiger charge is -2.24. The van der Waals surface area contributed by atoms with Crippen molar-refractivity contribution >= 4 is 11.5 Å². The van der Waals surface area contributed by atoms with Crippen LogP contribution in [0.3, 0.4) is 0 Å². The van der Waals surface area contributed by atoms with Gasteiger partial charge in [0.1, 0.15) is 0 Å². The van der Waals surface area contributed by atoms with E-state index in [0.717, 1.165) is 16.8 Å². The van der Waals surface area contributed by atoms with E-state index in [1.54, 1.807) is 0 Å². The van der Waals surface area contributed by atoms with Crippen LogP contribution in [0.1, 0.15) is 42.3 Å². The number of carbonyl (C=O) groups excluding carboxylic acids is 1. The molecule has 0 aliphatic rings. The van der Waals surface area contributed by atoms with E-state index >= 15 is 0 Å². The highest BCUT2D eigenvalue weighted by Crippen LogP contribution is 2.24. The average molecular weight is 267 g/mol. The minimum Gasteiger partial charge on any atom is -0.380 e. The summed E-state index contributed by atoms with van der Waals surface area (Å²) in [6.07, 6.45) is 0. The van der Waals surface area contributed by atoms with Crippen molar-refractivity contribution in [3.05, 3.63) is 65.2 Å². The van der Waals surface area contributed by atoms with Gasteiger partial charge in [0, 0.05) is 22.4 Å². The van der Waals surface area contributed by atoms with E-state index in [-0.39, 0.29) is 11.3 Å². The number of carbonyl (C=O) groups is 1. The SMILES string of the molecule is Cc1ccc(C(=O)c2ccccc2)c(NC(C)(C)C)c1. The van der Waals surface area contributed by atoms with Crippen LogP contribution in [0.4, 0.5) is 5.69 Å². The molecule has 0 aliphatic heterocycles. The molecule has 0 fully saturated rings. The summed E-state index contributed by atoms with van der Waals surface area (Å²) in [5, 5.41) is 3.42. The minimum absolute atomic E-state index is 0.0531. The molecule has 0 heterocycles. The number of rotatable bonds is 3. The molecule has 0 aromatic heterocycles. The number of hydrogen-bond donors (Lipinski definition) is 1. The molecule has 0 bridgehead atoms. The van der Waals surface area contributed by atoms with E-state index in [1.807, 2.05) is 55.5 Å². The zero-order valence-corrected chi connectivity index (χ0v) is 12.5. The lowest BCUT2D eigenvalue weighted by atomic mass is 9.98. The van der Waals surface area contributed by atoms with Crippen molar-refractivity contribution in [2.45, 2.75) is 33.2 Å². The molecule has 2 rings (SSSR count). The van der Waals surface area contributed by atoms with E-state index in [1.165, 1.54) is 0 Å². The normalized spacial score (nSPS) is 11.2. The summed E-state index contributed by atoms with van der Waals surface area (Å²) in [5.74, 6) is 0.0531. The minimum atomic E-state index is -0.0838. The van der Waals surface area contributed by atoms with E-state index < -0.39 is 0 Å². The van der Waals surface area contributed by atoms with E-state index in [9.17, 15) is 4.79 Å². The Morgan fingerprint density at radius 1 is 1.00 bits per heavy atom. The molecule has 0 saturated heterocycles. The number of ketones is 1. The van der Waals surface area contributed by atoms with Gasteiger partial charge in [-0.3, -0.25) is 4.79 Å². The van der Waals surface area contributed by atoms with Crippen LogP contribution in [-0.4, -0.2) is 11.3 Å². The second-order valence-corrected chi connectivity index (χ2v) is 6.12. The Hall–Kier alpha value is -2.09. The van der Waals surface area contributed by atoms with Crippen LogP contribution in [0, 0.1) is 6.92 Å². The van der Waals surface area contributed by atoms with Crippen molar-refractivity contribution in [3.8, 4) is 0 Å². The summed E-state index contributed by atoms with van der Waals surface area (Å²) in [5.41, 5.74) is 3.39. The lowest BCUT2D eigenvalue weighted by molar-refractivity contribution is 0.103. The molecule has 20 heavy (non-hydrogen) atoms. The Morgan fingerprint density at radius 2 is 1.65 bits per heavy atom. The van der Waals surface area contributed by atoms with Crippen molar-refractivity contribution in [1.82, 2.24) is 0 Å². The van der Waals surface area contributed by atoms with Crippen LogP contribution in [0.25, 0.3) is 0 Å². The van der Waals surface area contributed by atoms with Gasteiger partial charge in [0.15, 0.2) is 5.78 Å². The number of hydrogen-bond acceptors (Lipinski definition) is 2. The molecule has 2 nitrogen and oxygen atoms in total. The van der Waals surface area contributed by atoms with E-state index in [2.05, 4.69) is 26.1 Å². The standard InChI is InChI=1S/C18H21NO/c1-13-10-11-15(16(12-13)19-18(2,3)4)17(20)14-8-6-5-7-9-14/h5-12,19H,1-4H3.